The maximum Gasteiger partial charge on any atom is 0.489 e. The molecule has 0 fully saturated rings. The summed E-state index contributed by atoms with van der Waals surface area (Å²) in [6, 6.07) is 13.7. The molecule has 0 aliphatic carbocycles. The van der Waals surface area contributed by atoms with Crippen molar-refractivity contribution in [2.75, 3.05) is 0 Å². The van der Waals surface area contributed by atoms with Gasteiger partial charge in [0.05, 0.1) is 0 Å². The van der Waals surface area contributed by atoms with Gasteiger partial charge >= 0.3 is 7.12 Å². The van der Waals surface area contributed by atoms with Crippen LogP contribution < -0.4 is 15.9 Å². The molecule has 0 amide bonds. The highest BCUT2D eigenvalue weighted by Gasteiger charge is 2.14. The van der Waals surface area contributed by atoms with Crippen molar-refractivity contribution in [3.63, 3.8) is 0 Å². The number of rotatable bonds is 1. The zero-order chi connectivity index (χ0) is 16.3. The van der Waals surface area contributed by atoms with E-state index in [1.165, 1.54) is 0 Å². The molecule has 3 aromatic carbocycles. The zero-order valence-electron chi connectivity index (χ0n) is 12.7. The summed E-state index contributed by atoms with van der Waals surface area (Å²) in [6.45, 7) is 12.0. The topological polar surface area (TPSA) is 40.5 Å². The lowest BCUT2D eigenvalue weighted by Gasteiger charge is -2.09. The summed E-state index contributed by atoms with van der Waals surface area (Å²) in [5, 5.41) is 25.2. The Morgan fingerprint density at radius 1 is 0.955 bits per heavy atom. The molecule has 0 saturated heterocycles. The van der Waals surface area contributed by atoms with Crippen LogP contribution in [0.25, 0.3) is 34.2 Å². The van der Waals surface area contributed by atoms with Gasteiger partial charge < -0.3 is 10.0 Å². The molecule has 0 unspecified atom stereocenters. The first-order chi connectivity index (χ1) is 10.6. The molecule has 0 heterocycles. The Morgan fingerprint density at radius 3 is 2.32 bits per heavy atom. The number of hydrogen-bond acceptors (Lipinski definition) is 2. The lowest BCUT2D eigenvalue weighted by Crippen LogP contribution is -2.30. The third-order valence-corrected chi connectivity index (χ3v) is 3.76. The van der Waals surface area contributed by atoms with Crippen LogP contribution in [0.2, 0.25) is 0 Å². The van der Waals surface area contributed by atoms with Crippen molar-refractivity contribution in [2.45, 2.75) is 6.92 Å². The lowest BCUT2D eigenvalue weighted by atomic mass is 9.76. The Balaban J connectivity index is 0.000000847. The highest BCUT2D eigenvalue weighted by atomic mass is 16.4. The average Bonchev–Trinajstić information content (AvgIpc) is 2.55. The van der Waals surface area contributed by atoms with Gasteiger partial charge in [-0.1, -0.05) is 43.0 Å². The van der Waals surface area contributed by atoms with Gasteiger partial charge in [0.25, 0.3) is 0 Å². The molecule has 0 aromatic heterocycles. The van der Waals surface area contributed by atoms with E-state index in [9.17, 15) is 10.0 Å². The van der Waals surface area contributed by atoms with Crippen molar-refractivity contribution in [1.82, 2.24) is 0 Å². The van der Waals surface area contributed by atoms with Crippen LogP contribution >= 0.6 is 0 Å². The Bertz CT molecular complexity index is 929. The predicted octanol–water partition coefficient (Wildman–Crippen LogP) is 1.69. The fourth-order valence-corrected chi connectivity index (χ4v) is 2.72. The maximum absolute atomic E-state index is 9.48. The second kappa shape index (κ2) is 6.61. The molecule has 3 rings (SSSR count). The molecule has 0 aliphatic heterocycles. The van der Waals surface area contributed by atoms with Crippen LogP contribution in [-0.2, 0) is 0 Å². The molecular weight excluding hydrogens is 271 g/mol. The van der Waals surface area contributed by atoms with Crippen molar-refractivity contribution in [2.24, 2.45) is 0 Å². The fourth-order valence-electron chi connectivity index (χ4n) is 2.72. The predicted molar refractivity (Wildman–Crippen MR) is 97.4 cm³/mol. The average molecular weight is 290 g/mol. The first kappa shape index (κ1) is 16.0. The van der Waals surface area contributed by atoms with Crippen molar-refractivity contribution in [3.05, 3.63) is 66.1 Å². The van der Waals surface area contributed by atoms with Gasteiger partial charge in [-0.3, -0.25) is 0 Å². The SMILES string of the molecule is C=C.C=c1cc2ccc3c(B(O)O)cccc3c2c/c1=C/C. The van der Waals surface area contributed by atoms with E-state index in [0.29, 0.717) is 5.46 Å². The van der Waals surface area contributed by atoms with Gasteiger partial charge in [0.15, 0.2) is 0 Å². The quantitative estimate of drug-likeness (QED) is 0.407. The molecule has 3 aromatic rings. The zero-order valence-corrected chi connectivity index (χ0v) is 12.7. The van der Waals surface area contributed by atoms with Crippen LogP contribution in [0.3, 0.4) is 0 Å². The molecule has 0 atom stereocenters. The molecule has 3 heteroatoms. The van der Waals surface area contributed by atoms with Crippen LogP contribution in [0.5, 0.6) is 0 Å². The summed E-state index contributed by atoms with van der Waals surface area (Å²) >= 11 is 0. The molecule has 2 N–H and O–H groups in total. The summed E-state index contributed by atoms with van der Waals surface area (Å²) < 4.78 is 0. The Morgan fingerprint density at radius 2 is 1.68 bits per heavy atom. The molecule has 0 aliphatic rings. The van der Waals surface area contributed by atoms with Gasteiger partial charge in [0.1, 0.15) is 0 Å². The molecule has 0 saturated carbocycles. The maximum atomic E-state index is 9.48. The molecule has 0 radical (unpaired) electrons. The second-order valence-corrected chi connectivity index (χ2v) is 4.94. The molecule has 0 bridgehead atoms. The molecular formula is C19H19BO2. The van der Waals surface area contributed by atoms with E-state index in [4.69, 9.17) is 0 Å². The summed E-state index contributed by atoms with van der Waals surface area (Å²) in [5.74, 6) is 0. The van der Waals surface area contributed by atoms with Gasteiger partial charge in [-0.2, -0.15) is 0 Å². The van der Waals surface area contributed by atoms with Crippen molar-refractivity contribution in [1.29, 1.82) is 0 Å². The van der Waals surface area contributed by atoms with Gasteiger partial charge in [0.2, 0.25) is 0 Å². The van der Waals surface area contributed by atoms with E-state index < -0.39 is 7.12 Å². The summed E-state index contributed by atoms with van der Waals surface area (Å²) in [6.07, 6.45) is 2.03. The summed E-state index contributed by atoms with van der Waals surface area (Å²) in [7, 11) is -1.46. The van der Waals surface area contributed by atoms with Gasteiger partial charge in [-0.25, -0.2) is 0 Å². The van der Waals surface area contributed by atoms with E-state index in [1.807, 2.05) is 37.3 Å². The minimum atomic E-state index is -1.46. The van der Waals surface area contributed by atoms with E-state index in [2.05, 4.69) is 31.9 Å². The summed E-state index contributed by atoms with van der Waals surface area (Å²) in [5.41, 5.74) is 0.533. The van der Waals surface area contributed by atoms with E-state index in [-0.39, 0.29) is 0 Å². The normalized spacial score (nSPS) is 11.3. The molecule has 22 heavy (non-hydrogen) atoms. The molecule has 2 nitrogen and oxygen atoms in total. The Kier molecular flexibility index (Phi) is 4.81. The fraction of sp³-hybridized carbons (Fsp3) is 0.0526. The minimum Gasteiger partial charge on any atom is -0.423 e. The van der Waals surface area contributed by atoms with Crippen molar-refractivity contribution < 1.29 is 10.0 Å². The first-order valence-electron chi connectivity index (χ1n) is 7.08. The number of hydrogen-bond donors (Lipinski definition) is 2. The van der Waals surface area contributed by atoms with Crippen LogP contribution in [0.4, 0.5) is 0 Å². The largest absolute Gasteiger partial charge is 0.489 e. The number of benzene rings is 3. The molecule has 110 valence electrons. The van der Waals surface area contributed by atoms with Gasteiger partial charge in [-0.15, -0.1) is 13.2 Å². The smallest absolute Gasteiger partial charge is 0.423 e. The third kappa shape index (κ3) is 2.69. The Hall–Kier alpha value is -2.36. The lowest BCUT2D eigenvalue weighted by molar-refractivity contribution is 0.426. The monoisotopic (exact) mass is 290 g/mol. The Labute approximate surface area is 130 Å². The van der Waals surface area contributed by atoms with Crippen molar-refractivity contribution in [3.8, 4) is 0 Å². The minimum absolute atomic E-state index is 0.533. The van der Waals surface area contributed by atoms with Gasteiger partial charge in [-0.05, 0) is 56.5 Å². The second-order valence-electron chi connectivity index (χ2n) is 4.94. The highest BCUT2D eigenvalue weighted by molar-refractivity contribution is 6.62. The van der Waals surface area contributed by atoms with E-state index >= 15 is 0 Å². The first-order valence-corrected chi connectivity index (χ1v) is 7.08. The number of fused-ring (bicyclic) bond motifs is 3. The third-order valence-electron chi connectivity index (χ3n) is 3.76. The van der Waals surface area contributed by atoms with E-state index in [0.717, 1.165) is 32.0 Å². The molecule has 0 spiro atoms. The van der Waals surface area contributed by atoms with Crippen LogP contribution in [0.15, 0.2) is 55.6 Å². The van der Waals surface area contributed by atoms with E-state index in [1.54, 1.807) is 6.07 Å². The summed E-state index contributed by atoms with van der Waals surface area (Å²) in [4.78, 5) is 0. The van der Waals surface area contributed by atoms with Crippen molar-refractivity contribution >= 4 is 46.8 Å². The highest BCUT2D eigenvalue weighted by Crippen LogP contribution is 2.22. The van der Waals surface area contributed by atoms with Gasteiger partial charge in [0, 0.05) is 0 Å². The van der Waals surface area contributed by atoms with Crippen LogP contribution in [0, 0.1) is 0 Å². The standard InChI is InChI=1S/C17H15BO2.C2H4/c1-3-12-10-16-13(9-11(12)2)7-8-15-14(16)5-4-6-17(15)18(19)20;1-2/h3-10,19-20H,2H2,1H3;1-2H2/b12-3-;. The van der Waals surface area contributed by atoms with Crippen LogP contribution in [0.1, 0.15) is 6.92 Å². The van der Waals surface area contributed by atoms with Crippen LogP contribution in [-0.4, -0.2) is 17.2 Å².